The van der Waals surface area contributed by atoms with Gasteiger partial charge in [-0.2, -0.15) is 0 Å². The van der Waals surface area contributed by atoms with E-state index in [-0.39, 0.29) is 12.1 Å². The molecule has 82 valence electrons. The second kappa shape index (κ2) is 6.06. The van der Waals surface area contributed by atoms with Crippen LogP contribution in [-0.4, -0.2) is 12.6 Å². The SMILES string of the molecule is CCCNC(=O)N[C@H](C)c1ccccc1. The van der Waals surface area contributed by atoms with Gasteiger partial charge in [0.15, 0.2) is 0 Å². The lowest BCUT2D eigenvalue weighted by molar-refractivity contribution is 0.238. The Morgan fingerprint density at radius 2 is 2.00 bits per heavy atom. The largest absolute Gasteiger partial charge is 0.338 e. The van der Waals surface area contributed by atoms with Crippen molar-refractivity contribution in [3.63, 3.8) is 0 Å². The van der Waals surface area contributed by atoms with Crippen LogP contribution in [0.2, 0.25) is 0 Å². The van der Waals surface area contributed by atoms with Crippen LogP contribution in [0, 0.1) is 0 Å². The van der Waals surface area contributed by atoms with Gasteiger partial charge in [0.1, 0.15) is 0 Å². The second-order valence-electron chi connectivity index (χ2n) is 3.53. The van der Waals surface area contributed by atoms with Crippen molar-refractivity contribution in [1.29, 1.82) is 0 Å². The van der Waals surface area contributed by atoms with Crippen LogP contribution >= 0.6 is 0 Å². The summed E-state index contributed by atoms with van der Waals surface area (Å²) in [4.78, 5) is 11.4. The molecule has 2 N–H and O–H groups in total. The third-order valence-electron chi connectivity index (χ3n) is 2.18. The number of hydrogen-bond acceptors (Lipinski definition) is 1. The summed E-state index contributed by atoms with van der Waals surface area (Å²) in [7, 11) is 0. The molecule has 0 heterocycles. The molecule has 1 aromatic carbocycles. The van der Waals surface area contributed by atoms with Crippen LogP contribution in [0.25, 0.3) is 0 Å². The molecule has 2 amide bonds. The molecule has 3 nitrogen and oxygen atoms in total. The van der Waals surface area contributed by atoms with Crippen molar-refractivity contribution in [3.8, 4) is 0 Å². The first kappa shape index (κ1) is 11.6. The number of urea groups is 1. The van der Waals surface area contributed by atoms with Gasteiger partial charge in [0.05, 0.1) is 6.04 Å². The molecule has 0 aromatic heterocycles. The van der Waals surface area contributed by atoms with Crippen molar-refractivity contribution in [3.05, 3.63) is 35.9 Å². The Morgan fingerprint density at radius 3 is 2.60 bits per heavy atom. The monoisotopic (exact) mass is 206 g/mol. The van der Waals surface area contributed by atoms with E-state index in [9.17, 15) is 4.79 Å². The Morgan fingerprint density at radius 1 is 1.33 bits per heavy atom. The summed E-state index contributed by atoms with van der Waals surface area (Å²) in [5, 5.41) is 5.66. The Balaban J connectivity index is 2.42. The van der Waals surface area contributed by atoms with Gasteiger partial charge in [0, 0.05) is 6.54 Å². The standard InChI is InChI=1S/C12H18N2O/c1-3-9-13-12(15)14-10(2)11-7-5-4-6-8-11/h4-8,10H,3,9H2,1-2H3,(H2,13,14,15)/t10-/m1/s1. The summed E-state index contributed by atoms with van der Waals surface area (Å²) in [6, 6.07) is 9.86. The maximum absolute atomic E-state index is 11.4. The number of nitrogens with one attached hydrogen (secondary N) is 2. The van der Waals surface area contributed by atoms with Crippen molar-refractivity contribution in [2.24, 2.45) is 0 Å². The van der Waals surface area contributed by atoms with Crippen LogP contribution in [0.4, 0.5) is 4.79 Å². The van der Waals surface area contributed by atoms with E-state index in [1.807, 2.05) is 44.2 Å². The summed E-state index contributed by atoms with van der Waals surface area (Å²) < 4.78 is 0. The number of amides is 2. The van der Waals surface area contributed by atoms with Crippen LogP contribution in [0.5, 0.6) is 0 Å². The summed E-state index contributed by atoms with van der Waals surface area (Å²) >= 11 is 0. The molecule has 0 saturated carbocycles. The summed E-state index contributed by atoms with van der Waals surface area (Å²) in [5.41, 5.74) is 1.11. The minimum Gasteiger partial charge on any atom is -0.338 e. The Bertz CT molecular complexity index is 298. The summed E-state index contributed by atoms with van der Waals surface area (Å²) in [6.45, 7) is 4.72. The van der Waals surface area contributed by atoms with Crippen molar-refractivity contribution >= 4 is 6.03 Å². The molecule has 0 saturated heterocycles. The Kier molecular flexibility index (Phi) is 4.68. The zero-order valence-corrected chi connectivity index (χ0v) is 9.29. The topological polar surface area (TPSA) is 41.1 Å². The Hall–Kier alpha value is -1.51. The van der Waals surface area contributed by atoms with Gasteiger partial charge < -0.3 is 10.6 Å². The maximum atomic E-state index is 11.4. The fourth-order valence-electron chi connectivity index (χ4n) is 1.31. The highest BCUT2D eigenvalue weighted by Crippen LogP contribution is 2.10. The van der Waals surface area contributed by atoms with Crippen molar-refractivity contribution in [2.45, 2.75) is 26.3 Å². The molecular formula is C12H18N2O. The molecule has 1 aromatic rings. The first-order valence-electron chi connectivity index (χ1n) is 5.33. The van der Waals surface area contributed by atoms with Gasteiger partial charge in [-0.25, -0.2) is 4.79 Å². The van der Waals surface area contributed by atoms with Crippen LogP contribution in [0.15, 0.2) is 30.3 Å². The molecule has 0 aliphatic heterocycles. The van der Waals surface area contributed by atoms with E-state index >= 15 is 0 Å². The summed E-state index contributed by atoms with van der Waals surface area (Å²) in [6.07, 6.45) is 0.952. The predicted molar refractivity (Wildman–Crippen MR) is 61.7 cm³/mol. The van der Waals surface area contributed by atoms with Gasteiger partial charge in [0.25, 0.3) is 0 Å². The van der Waals surface area contributed by atoms with E-state index in [4.69, 9.17) is 0 Å². The zero-order chi connectivity index (χ0) is 11.1. The molecule has 1 rings (SSSR count). The van der Waals surface area contributed by atoms with E-state index in [2.05, 4.69) is 10.6 Å². The lowest BCUT2D eigenvalue weighted by Gasteiger charge is -2.14. The number of benzene rings is 1. The molecule has 0 aliphatic carbocycles. The van der Waals surface area contributed by atoms with Gasteiger partial charge in [-0.1, -0.05) is 37.3 Å². The van der Waals surface area contributed by atoms with E-state index in [1.165, 1.54) is 0 Å². The third-order valence-corrected chi connectivity index (χ3v) is 2.18. The highest BCUT2D eigenvalue weighted by molar-refractivity contribution is 5.74. The average Bonchev–Trinajstić information content (AvgIpc) is 2.27. The molecule has 0 fully saturated rings. The molecule has 0 radical (unpaired) electrons. The fourth-order valence-corrected chi connectivity index (χ4v) is 1.31. The Labute approximate surface area is 90.9 Å². The fraction of sp³-hybridized carbons (Fsp3) is 0.417. The molecule has 0 spiro atoms. The molecule has 1 atom stereocenters. The number of rotatable bonds is 4. The van der Waals surface area contributed by atoms with Crippen LogP contribution < -0.4 is 10.6 Å². The molecule has 3 heteroatoms. The van der Waals surface area contributed by atoms with E-state index in [1.54, 1.807) is 0 Å². The van der Waals surface area contributed by atoms with Gasteiger partial charge in [-0.05, 0) is 18.9 Å². The van der Waals surface area contributed by atoms with Crippen molar-refractivity contribution in [1.82, 2.24) is 10.6 Å². The highest BCUT2D eigenvalue weighted by atomic mass is 16.2. The van der Waals surface area contributed by atoms with Gasteiger partial charge in [0.2, 0.25) is 0 Å². The summed E-state index contributed by atoms with van der Waals surface area (Å²) in [5.74, 6) is 0. The van der Waals surface area contributed by atoms with Gasteiger partial charge in [-0.3, -0.25) is 0 Å². The van der Waals surface area contributed by atoms with Crippen molar-refractivity contribution in [2.75, 3.05) is 6.54 Å². The highest BCUT2D eigenvalue weighted by Gasteiger charge is 2.07. The molecular weight excluding hydrogens is 188 g/mol. The number of hydrogen-bond donors (Lipinski definition) is 2. The van der Waals surface area contributed by atoms with Crippen molar-refractivity contribution < 1.29 is 4.79 Å². The average molecular weight is 206 g/mol. The van der Waals surface area contributed by atoms with Gasteiger partial charge >= 0.3 is 6.03 Å². The normalized spacial score (nSPS) is 11.9. The molecule has 0 bridgehead atoms. The minimum atomic E-state index is -0.104. The number of carbonyl (C=O) groups is 1. The second-order valence-corrected chi connectivity index (χ2v) is 3.53. The lowest BCUT2D eigenvalue weighted by atomic mass is 10.1. The smallest absolute Gasteiger partial charge is 0.315 e. The van der Waals surface area contributed by atoms with Crippen LogP contribution in [-0.2, 0) is 0 Å². The zero-order valence-electron chi connectivity index (χ0n) is 9.29. The lowest BCUT2D eigenvalue weighted by Crippen LogP contribution is -2.37. The first-order chi connectivity index (χ1) is 7.24. The quantitative estimate of drug-likeness (QED) is 0.780. The minimum absolute atomic E-state index is 0.0445. The first-order valence-corrected chi connectivity index (χ1v) is 5.33. The van der Waals surface area contributed by atoms with E-state index in [0.717, 1.165) is 12.0 Å². The van der Waals surface area contributed by atoms with E-state index < -0.39 is 0 Å². The van der Waals surface area contributed by atoms with Crippen LogP contribution in [0.1, 0.15) is 31.9 Å². The molecule has 15 heavy (non-hydrogen) atoms. The third kappa shape index (κ3) is 4.02. The van der Waals surface area contributed by atoms with Crippen LogP contribution in [0.3, 0.4) is 0 Å². The molecule has 0 aliphatic rings. The molecule has 0 unspecified atom stereocenters. The van der Waals surface area contributed by atoms with E-state index in [0.29, 0.717) is 6.54 Å². The number of carbonyl (C=O) groups excluding carboxylic acids is 1. The predicted octanol–water partition coefficient (Wildman–Crippen LogP) is 2.46. The maximum Gasteiger partial charge on any atom is 0.315 e. The van der Waals surface area contributed by atoms with Gasteiger partial charge in [-0.15, -0.1) is 0 Å².